The van der Waals surface area contributed by atoms with Gasteiger partial charge in [-0.15, -0.1) is 0 Å². The van der Waals surface area contributed by atoms with Gasteiger partial charge >= 0.3 is 0 Å². The van der Waals surface area contributed by atoms with Crippen molar-refractivity contribution in [3.63, 3.8) is 0 Å². The van der Waals surface area contributed by atoms with E-state index in [9.17, 15) is 18.0 Å². The third-order valence-corrected chi connectivity index (χ3v) is 9.13. The molecule has 1 atom stereocenters. The summed E-state index contributed by atoms with van der Waals surface area (Å²) in [4.78, 5) is 27.8. The maximum atomic E-state index is 13.5. The Kier molecular flexibility index (Phi) is 7.78. The van der Waals surface area contributed by atoms with Gasteiger partial charge in [0.25, 0.3) is 5.91 Å². The first-order valence-electron chi connectivity index (χ1n) is 13.3. The van der Waals surface area contributed by atoms with Crippen LogP contribution in [0.1, 0.15) is 48.0 Å². The Labute approximate surface area is 223 Å². The van der Waals surface area contributed by atoms with E-state index in [1.54, 1.807) is 36.4 Å². The van der Waals surface area contributed by atoms with Crippen LogP contribution in [-0.4, -0.2) is 56.9 Å². The van der Waals surface area contributed by atoms with Crippen molar-refractivity contribution in [3.05, 3.63) is 71.8 Å². The van der Waals surface area contributed by atoms with Gasteiger partial charge in [-0.1, -0.05) is 48.9 Å². The zero-order chi connectivity index (χ0) is 26.7. The molecule has 3 N–H and O–H groups in total. The van der Waals surface area contributed by atoms with Crippen molar-refractivity contribution < 1.29 is 18.0 Å². The Balaban J connectivity index is 1.30. The molecule has 2 fully saturated rings. The van der Waals surface area contributed by atoms with Gasteiger partial charge in [-0.05, 0) is 62.9 Å². The summed E-state index contributed by atoms with van der Waals surface area (Å²) in [7, 11) is -3.83. The van der Waals surface area contributed by atoms with Gasteiger partial charge in [-0.2, -0.15) is 0 Å². The predicted octanol–water partition coefficient (Wildman–Crippen LogP) is 3.81. The number of fused-ring (bicyclic) bond motifs is 1. The van der Waals surface area contributed by atoms with E-state index in [1.165, 1.54) is 0 Å². The number of anilines is 1. The fourth-order valence-electron chi connectivity index (χ4n) is 5.43. The van der Waals surface area contributed by atoms with E-state index in [0.717, 1.165) is 31.4 Å². The molecule has 5 rings (SSSR count). The molecule has 0 saturated carbocycles. The van der Waals surface area contributed by atoms with E-state index in [4.69, 9.17) is 0 Å². The van der Waals surface area contributed by atoms with Crippen LogP contribution in [0.15, 0.2) is 65.6 Å². The van der Waals surface area contributed by atoms with E-state index < -0.39 is 10.0 Å². The Bertz CT molecular complexity index is 1440. The van der Waals surface area contributed by atoms with Crippen molar-refractivity contribution in [1.82, 2.24) is 14.9 Å². The quantitative estimate of drug-likeness (QED) is 0.446. The lowest BCUT2D eigenvalue weighted by atomic mass is 10.0. The largest absolute Gasteiger partial charge is 0.341 e. The Morgan fingerprint density at radius 2 is 1.63 bits per heavy atom. The van der Waals surface area contributed by atoms with Gasteiger partial charge in [0.05, 0.1) is 10.9 Å². The summed E-state index contributed by atoms with van der Waals surface area (Å²) in [6, 6.07) is 17.3. The maximum Gasteiger partial charge on any atom is 0.255 e. The minimum atomic E-state index is -3.83. The summed E-state index contributed by atoms with van der Waals surface area (Å²) in [6.45, 7) is 3.82. The summed E-state index contributed by atoms with van der Waals surface area (Å²) >= 11 is 0. The Morgan fingerprint density at radius 1 is 0.895 bits per heavy atom. The molecule has 0 radical (unpaired) electrons. The molecular weight excluding hydrogens is 500 g/mol. The van der Waals surface area contributed by atoms with E-state index in [2.05, 4.69) is 15.4 Å². The van der Waals surface area contributed by atoms with Crippen LogP contribution in [0.3, 0.4) is 0 Å². The summed E-state index contributed by atoms with van der Waals surface area (Å²) in [5.41, 5.74) is 1.98. The highest BCUT2D eigenvalue weighted by atomic mass is 32.2. The monoisotopic (exact) mass is 534 g/mol. The summed E-state index contributed by atoms with van der Waals surface area (Å²) in [5.74, 6) is -0.118. The van der Waals surface area contributed by atoms with Crippen molar-refractivity contribution in [2.24, 2.45) is 0 Å². The fraction of sp³-hybridized carbons (Fsp3) is 0.379. The number of amides is 2. The number of rotatable bonds is 6. The molecule has 0 spiro atoms. The first-order chi connectivity index (χ1) is 18.3. The maximum absolute atomic E-state index is 13.5. The number of piperidine rings is 2. The Morgan fingerprint density at radius 3 is 2.37 bits per heavy atom. The number of carbonyl (C=O) groups excluding carboxylic acids is 2. The van der Waals surface area contributed by atoms with Gasteiger partial charge in [0.15, 0.2) is 0 Å². The number of nitrogens with one attached hydrogen (secondary N) is 3. The third-order valence-electron chi connectivity index (χ3n) is 7.55. The normalized spacial score (nSPS) is 18.9. The second-order valence-electron chi connectivity index (χ2n) is 10.1. The zero-order valence-corrected chi connectivity index (χ0v) is 22.4. The molecule has 0 aromatic heterocycles. The number of nitrogens with zero attached hydrogens (tertiary/aromatic N) is 1. The van der Waals surface area contributed by atoms with Crippen molar-refractivity contribution in [2.75, 3.05) is 25.0 Å². The van der Waals surface area contributed by atoms with E-state index in [1.807, 2.05) is 36.1 Å². The first kappa shape index (κ1) is 26.3. The fourth-order valence-corrected chi connectivity index (χ4v) is 6.95. The van der Waals surface area contributed by atoms with Gasteiger partial charge in [0, 0.05) is 41.2 Å². The van der Waals surface area contributed by atoms with Crippen LogP contribution in [0.2, 0.25) is 0 Å². The Hall–Kier alpha value is -3.27. The van der Waals surface area contributed by atoms with Crippen LogP contribution in [0, 0.1) is 6.92 Å². The number of carbonyl (C=O) groups is 2. The van der Waals surface area contributed by atoms with Crippen molar-refractivity contribution >= 4 is 38.3 Å². The van der Waals surface area contributed by atoms with Crippen molar-refractivity contribution in [3.8, 4) is 0 Å². The lowest BCUT2D eigenvalue weighted by Crippen LogP contribution is -2.53. The van der Waals surface area contributed by atoms with Gasteiger partial charge in [-0.25, -0.2) is 13.1 Å². The zero-order valence-electron chi connectivity index (χ0n) is 21.6. The molecule has 2 aliphatic rings. The number of sulfonamides is 1. The van der Waals surface area contributed by atoms with Crippen molar-refractivity contribution in [2.45, 2.75) is 56.0 Å². The third kappa shape index (κ3) is 5.60. The summed E-state index contributed by atoms with van der Waals surface area (Å²) in [6.07, 6.45) is 4.16. The molecule has 2 aliphatic heterocycles. The van der Waals surface area contributed by atoms with Gasteiger partial charge in [0.1, 0.15) is 0 Å². The van der Waals surface area contributed by atoms with Crippen LogP contribution < -0.4 is 15.4 Å². The SMILES string of the molecule is Cc1ccccc1C(=O)Nc1cccc2c(S(=O)(=O)NC3CCN(C(=O)[C@@H]4CCCCN4)CC3)cccc12. The average Bonchev–Trinajstić information content (AvgIpc) is 2.93. The molecule has 9 heteroatoms. The molecule has 38 heavy (non-hydrogen) atoms. The van der Waals surface area contributed by atoms with E-state index in [-0.39, 0.29) is 28.8 Å². The molecule has 200 valence electrons. The minimum Gasteiger partial charge on any atom is -0.341 e. The standard InChI is InChI=1S/C29H34N4O4S/c1-20-8-2-3-9-22(20)28(34)31-25-13-6-11-24-23(25)10-7-14-27(24)38(36,37)32-21-15-18-33(19-16-21)29(35)26-12-4-5-17-30-26/h2-3,6-11,13-14,21,26,30,32H,4-5,12,15-19H2,1H3,(H,31,34)/t26-/m0/s1. The minimum absolute atomic E-state index is 0.117. The molecule has 8 nitrogen and oxygen atoms in total. The van der Waals surface area contributed by atoms with Gasteiger partial charge < -0.3 is 15.5 Å². The van der Waals surface area contributed by atoms with Gasteiger partial charge in [-0.3, -0.25) is 9.59 Å². The second kappa shape index (κ2) is 11.2. The number of hydrogen-bond acceptors (Lipinski definition) is 5. The lowest BCUT2D eigenvalue weighted by molar-refractivity contribution is -0.135. The molecule has 2 amide bonds. The molecular formula is C29H34N4O4S. The molecule has 2 saturated heterocycles. The van der Waals surface area contributed by atoms with Gasteiger partial charge in [0.2, 0.25) is 15.9 Å². The highest BCUT2D eigenvalue weighted by Gasteiger charge is 2.31. The average molecular weight is 535 g/mol. The molecule has 0 bridgehead atoms. The van der Waals surface area contributed by atoms with Crippen LogP contribution in [0.5, 0.6) is 0 Å². The van der Waals surface area contributed by atoms with E-state index in [0.29, 0.717) is 48.0 Å². The van der Waals surface area contributed by atoms with Crippen molar-refractivity contribution in [1.29, 1.82) is 0 Å². The number of aryl methyl sites for hydroxylation is 1. The molecule has 3 aromatic rings. The highest BCUT2D eigenvalue weighted by Crippen LogP contribution is 2.30. The summed E-state index contributed by atoms with van der Waals surface area (Å²) in [5, 5.41) is 7.44. The molecule has 0 unspecified atom stereocenters. The van der Waals surface area contributed by atoms with Crippen LogP contribution >= 0.6 is 0 Å². The topological polar surface area (TPSA) is 108 Å². The molecule has 0 aliphatic carbocycles. The molecule has 3 aromatic carbocycles. The highest BCUT2D eigenvalue weighted by molar-refractivity contribution is 7.89. The molecule has 2 heterocycles. The number of hydrogen-bond donors (Lipinski definition) is 3. The van der Waals surface area contributed by atoms with Crippen LogP contribution in [0.4, 0.5) is 5.69 Å². The number of likely N-dealkylation sites (tertiary alicyclic amines) is 1. The van der Waals surface area contributed by atoms with E-state index >= 15 is 0 Å². The lowest BCUT2D eigenvalue weighted by Gasteiger charge is -2.35. The number of benzene rings is 3. The smallest absolute Gasteiger partial charge is 0.255 e. The second-order valence-corrected chi connectivity index (χ2v) is 11.8. The summed E-state index contributed by atoms with van der Waals surface area (Å²) < 4.78 is 29.8. The van der Waals surface area contributed by atoms with Crippen LogP contribution in [0.25, 0.3) is 10.8 Å². The van der Waals surface area contributed by atoms with Crippen LogP contribution in [-0.2, 0) is 14.8 Å². The first-order valence-corrected chi connectivity index (χ1v) is 14.7. The predicted molar refractivity (Wildman–Crippen MR) is 149 cm³/mol.